The largest absolute Gasteiger partial charge is 0.338 e. The molecule has 1 atom stereocenters. The van der Waals surface area contributed by atoms with Crippen LogP contribution in [0, 0.1) is 23.2 Å². The first-order valence-corrected chi connectivity index (χ1v) is 9.78. The molecule has 0 aliphatic heterocycles. The molecular weight excluding hydrogens is 298 g/mol. The molecule has 0 unspecified atom stereocenters. The van der Waals surface area contributed by atoms with E-state index in [0.29, 0.717) is 5.41 Å². The molecule has 4 aliphatic carbocycles. The Kier molecular flexibility index (Phi) is 3.83. The molecule has 1 aromatic rings. The third kappa shape index (κ3) is 2.91. The predicted molar refractivity (Wildman–Crippen MR) is 94.6 cm³/mol. The molecule has 4 aliphatic rings. The number of hydrogen-bond donors (Lipinski definition) is 0. The van der Waals surface area contributed by atoms with E-state index in [0.717, 1.165) is 29.5 Å². The second-order valence-corrected chi connectivity index (χ2v) is 10.2. The van der Waals surface area contributed by atoms with Gasteiger partial charge in [-0.25, -0.2) is 0 Å². The Bertz CT molecular complexity index is 565. The minimum atomic E-state index is -0.0556. The zero-order valence-corrected chi connectivity index (χ0v) is 16.0. The van der Waals surface area contributed by atoms with Crippen LogP contribution in [-0.4, -0.2) is 28.6 Å². The van der Waals surface area contributed by atoms with E-state index in [1.807, 2.05) is 0 Å². The fraction of sp³-hybridized carbons (Fsp3) is 0.900. The Morgan fingerprint density at radius 3 is 2.12 bits per heavy atom. The molecule has 0 radical (unpaired) electrons. The van der Waals surface area contributed by atoms with Crippen molar-refractivity contribution < 1.29 is 4.52 Å². The molecule has 5 rings (SSSR count). The molecule has 1 heterocycles. The summed E-state index contributed by atoms with van der Waals surface area (Å²) in [6, 6.07) is 0.196. The van der Waals surface area contributed by atoms with E-state index >= 15 is 0 Å². The van der Waals surface area contributed by atoms with Gasteiger partial charge in [0, 0.05) is 12.0 Å². The van der Waals surface area contributed by atoms with Crippen LogP contribution in [0.2, 0.25) is 0 Å². The normalized spacial score (nSPS) is 36.5. The van der Waals surface area contributed by atoms with Gasteiger partial charge < -0.3 is 4.52 Å². The lowest BCUT2D eigenvalue weighted by atomic mass is 9.49. The predicted octanol–water partition coefficient (Wildman–Crippen LogP) is 4.58. The van der Waals surface area contributed by atoms with Gasteiger partial charge in [0.2, 0.25) is 5.89 Å². The highest BCUT2D eigenvalue weighted by atomic mass is 16.5. The standard InChI is InChI=1S/C20H33N3O/c1-13(17-21-18(22-24-17)19(2,3)4)23(5)12-20-9-14-6-15(10-20)8-16(7-14)11-20/h13-16H,6-12H2,1-5H3/t13-,14?,15?,16?,20?/m0/s1. The lowest BCUT2D eigenvalue weighted by molar-refractivity contribution is -0.0713. The maximum absolute atomic E-state index is 5.59. The van der Waals surface area contributed by atoms with Crippen molar-refractivity contribution in [2.24, 2.45) is 23.2 Å². The van der Waals surface area contributed by atoms with E-state index in [1.165, 1.54) is 45.1 Å². The van der Waals surface area contributed by atoms with Gasteiger partial charge >= 0.3 is 0 Å². The molecule has 134 valence electrons. The van der Waals surface area contributed by atoms with E-state index in [2.05, 4.69) is 49.8 Å². The fourth-order valence-electron chi connectivity index (χ4n) is 6.05. The van der Waals surface area contributed by atoms with Crippen molar-refractivity contribution in [2.45, 2.75) is 77.7 Å². The van der Waals surface area contributed by atoms with Crippen LogP contribution in [0.5, 0.6) is 0 Å². The molecule has 24 heavy (non-hydrogen) atoms. The summed E-state index contributed by atoms with van der Waals surface area (Å²) >= 11 is 0. The second-order valence-electron chi connectivity index (χ2n) is 10.2. The van der Waals surface area contributed by atoms with Gasteiger partial charge in [0.25, 0.3) is 0 Å². The molecule has 4 fully saturated rings. The highest BCUT2D eigenvalue weighted by molar-refractivity contribution is 5.05. The Labute approximate surface area is 146 Å². The van der Waals surface area contributed by atoms with E-state index in [4.69, 9.17) is 4.52 Å². The number of hydrogen-bond acceptors (Lipinski definition) is 4. The van der Waals surface area contributed by atoms with Crippen LogP contribution in [0.3, 0.4) is 0 Å². The summed E-state index contributed by atoms with van der Waals surface area (Å²) in [5.41, 5.74) is 0.505. The van der Waals surface area contributed by atoms with Crippen molar-refractivity contribution in [1.82, 2.24) is 15.0 Å². The molecule has 0 saturated heterocycles. The van der Waals surface area contributed by atoms with E-state index in [1.54, 1.807) is 0 Å². The summed E-state index contributed by atoms with van der Waals surface area (Å²) in [5.74, 6) is 4.61. The molecule has 4 saturated carbocycles. The van der Waals surface area contributed by atoms with E-state index in [-0.39, 0.29) is 11.5 Å². The Balaban J connectivity index is 1.46. The third-order valence-electron chi connectivity index (χ3n) is 6.88. The molecular formula is C20H33N3O. The van der Waals surface area contributed by atoms with Gasteiger partial charge in [0.05, 0.1) is 6.04 Å². The van der Waals surface area contributed by atoms with Gasteiger partial charge in [-0.3, -0.25) is 4.90 Å². The van der Waals surface area contributed by atoms with Crippen molar-refractivity contribution in [2.75, 3.05) is 13.6 Å². The summed E-state index contributed by atoms with van der Waals surface area (Å²) in [6.45, 7) is 9.79. The second kappa shape index (κ2) is 5.55. The zero-order chi connectivity index (χ0) is 17.1. The summed E-state index contributed by atoms with van der Waals surface area (Å²) in [5, 5.41) is 4.20. The Morgan fingerprint density at radius 2 is 1.67 bits per heavy atom. The zero-order valence-electron chi connectivity index (χ0n) is 16.0. The molecule has 0 N–H and O–H groups in total. The van der Waals surface area contributed by atoms with Crippen LogP contribution in [0.15, 0.2) is 4.52 Å². The van der Waals surface area contributed by atoms with Crippen LogP contribution < -0.4 is 0 Å². The van der Waals surface area contributed by atoms with Gasteiger partial charge in [-0.05, 0) is 75.7 Å². The lowest BCUT2D eigenvalue weighted by Crippen LogP contribution is -2.50. The third-order valence-corrected chi connectivity index (χ3v) is 6.88. The first kappa shape index (κ1) is 16.6. The smallest absolute Gasteiger partial charge is 0.243 e. The highest BCUT2D eigenvalue weighted by Gasteiger charge is 2.51. The van der Waals surface area contributed by atoms with Gasteiger partial charge in [0.15, 0.2) is 5.82 Å². The SMILES string of the molecule is C[C@@H](c1nc(C(C)(C)C)no1)N(C)CC12CC3CC(CC(C3)C1)C2. The van der Waals surface area contributed by atoms with Crippen LogP contribution >= 0.6 is 0 Å². The first-order chi connectivity index (χ1) is 11.2. The van der Waals surface area contributed by atoms with Crippen molar-refractivity contribution in [3.63, 3.8) is 0 Å². The number of nitrogens with zero attached hydrogens (tertiary/aromatic N) is 3. The van der Waals surface area contributed by atoms with Gasteiger partial charge in [-0.15, -0.1) is 0 Å². The van der Waals surface area contributed by atoms with E-state index in [9.17, 15) is 0 Å². The average molecular weight is 332 g/mol. The Morgan fingerprint density at radius 1 is 1.12 bits per heavy atom. The summed E-state index contributed by atoms with van der Waals surface area (Å²) < 4.78 is 5.59. The fourth-order valence-corrected chi connectivity index (χ4v) is 6.05. The van der Waals surface area contributed by atoms with Crippen molar-refractivity contribution in [1.29, 1.82) is 0 Å². The minimum Gasteiger partial charge on any atom is -0.338 e. The summed E-state index contributed by atoms with van der Waals surface area (Å²) in [7, 11) is 2.24. The maximum Gasteiger partial charge on any atom is 0.243 e. The van der Waals surface area contributed by atoms with Crippen LogP contribution in [0.1, 0.15) is 84.0 Å². The van der Waals surface area contributed by atoms with E-state index < -0.39 is 0 Å². The molecule has 0 aromatic carbocycles. The molecule has 0 spiro atoms. The van der Waals surface area contributed by atoms with Crippen LogP contribution in [0.4, 0.5) is 0 Å². The summed E-state index contributed by atoms with van der Waals surface area (Å²) in [6.07, 6.45) is 8.89. The quantitative estimate of drug-likeness (QED) is 0.810. The topological polar surface area (TPSA) is 42.2 Å². The minimum absolute atomic E-state index is 0.0556. The summed E-state index contributed by atoms with van der Waals surface area (Å²) in [4.78, 5) is 7.14. The maximum atomic E-state index is 5.59. The molecule has 4 heteroatoms. The van der Waals surface area contributed by atoms with Crippen LogP contribution in [0.25, 0.3) is 0 Å². The van der Waals surface area contributed by atoms with Gasteiger partial charge in [0.1, 0.15) is 0 Å². The molecule has 4 bridgehead atoms. The van der Waals surface area contributed by atoms with Gasteiger partial charge in [-0.1, -0.05) is 25.9 Å². The molecule has 0 amide bonds. The van der Waals surface area contributed by atoms with Crippen molar-refractivity contribution >= 4 is 0 Å². The van der Waals surface area contributed by atoms with Crippen molar-refractivity contribution in [3.05, 3.63) is 11.7 Å². The number of aromatic nitrogens is 2. The molecule has 4 nitrogen and oxygen atoms in total. The average Bonchev–Trinajstić information content (AvgIpc) is 2.94. The first-order valence-electron chi connectivity index (χ1n) is 9.78. The monoisotopic (exact) mass is 331 g/mol. The Hall–Kier alpha value is -0.900. The lowest BCUT2D eigenvalue weighted by Gasteiger charge is -2.58. The van der Waals surface area contributed by atoms with Crippen molar-refractivity contribution in [3.8, 4) is 0 Å². The number of rotatable bonds is 4. The molecule has 1 aromatic heterocycles. The van der Waals surface area contributed by atoms with Gasteiger partial charge in [-0.2, -0.15) is 4.98 Å². The van der Waals surface area contributed by atoms with Crippen LogP contribution in [-0.2, 0) is 5.41 Å². The highest BCUT2D eigenvalue weighted by Crippen LogP contribution is 2.60.